The number of rotatable bonds is 7. The number of fused-ring (bicyclic) bond motifs is 3. The molecule has 0 saturated carbocycles. The molecule has 1 amide bonds. The topological polar surface area (TPSA) is 64.4 Å². The van der Waals surface area contributed by atoms with Crippen LogP contribution in [0.25, 0.3) is 20.3 Å². The van der Waals surface area contributed by atoms with Gasteiger partial charge in [0, 0.05) is 43.4 Å². The summed E-state index contributed by atoms with van der Waals surface area (Å²) in [5.41, 5.74) is 0.709. The van der Waals surface area contributed by atoms with Crippen molar-refractivity contribution in [2.75, 3.05) is 32.6 Å². The van der Waals surface area contributed by atoms with Crippen LogP contribution >= 0.6 is 23.1 Å². The van der Waals surface area contributed by atoms with Gasteiger partial charge in [0.1, 0.15) is 4.70 Å². The van der Waals surface area contributed by atoms with Gasteiger partial charge >= 0.3 is 0 Å². The van der Waals surface area contributed by atoms with Crippen LogP contribution in [0.5, 0.6) is 0 Å². The number of hydrogen-bond acceptors (Lipinski definition) is 6. The Kier molecular flexibility index (Phi) is 6.99. The van der Waals surface area contributed by atoms with E-state index in [2.05, 4.69) is 13.8 Å². The van der Waals surface area contributed by atoms with Crippen molar-refractivity contribution in [1.29, 1.82) is 0 Å². The molecule has 2 atom stereocenters. The Bertz CT molecular complexity index is 1130. The van der Waals surface area contributed by atoms with Gasteiger partial charge in [0.25, 0.3) is 5.56 Å². The van der Waals surface area contributed by atoms with Gasteiger partial charge in [-0.3, -0.25) is 14.2 Å². The fourth-order valence-electron chi connectivity index (χ4n) is 4.41. The monoisotopic (exact) mass is 459 g/mol. The van der Waals surface area contributed by atoms with Gasteiger partial charge in [-0.2, -0.15) is 0 Å². The first-order valence-corrected chi connectivity index (χ1v) is 12.6. The number of thiophene rings is 1. The summed E-state index contributed by atoms with van der Waals surface area (Å²) in [6, 6.07) is 7.97. The maximum Gasteiger partial charge on any atom is 0.272 e. The van der Waals surface area contributed by atoms with Crippen LogP contribution in [0.2, 0.25) is 0 Å². The van der Waals surface area contributed by atoms with E-state index in [1.54, 1.807) is 11.7 Å². The lowest BCUT2D eigenvalue weighted by molar-refractivity contribution is -0.130. The third-order valence-electron chi connectivity index (χ3n) is 5.72. The largest absolute Gasteiger partial charge is 0.385 e. The molecular weight excluding hydrogens is 430 g/mol. The Balaban J connectivity index is 1.64. The van der Waals surface area contributed by atoms with Crippen molar-refractivity contribution < 1.29 is 9.53 Å². The molecule has 1 aliphatic rings. The fraction of sp³-hybridized carbons (Fsp3) is 0.522. The molecule has 1 saturated heterocycles. The highest BCUT2D eigenvalue weighted by atomic mass is 32.2. The number of hydrogen-bond donors (Lipinski definition) is 0. The average Bonchev–Trinajstić information content (AvgIpc) is 3.12. The lowest BCUT2D eigenvalue weighted by atomic mass is 9.92. The van der Waals surface area contributed by atoms with E-state index in [-0.39, 0.29) is 11.5 Å². The van der Waals surface area contributed by atoms with Crippen molar-refractivity contribution in [2.45, 2.75) is 38.4 Å². The number of carbonyl (C=O) groups excluding carboxylic acids is 1. The van der Waals surface area contributed by atoms with Gasteiger partial charge in [-0.05, 0) is 30.7 Å². The molecule has 166 valence electrons. The first-order valence-electron chi connectivity index (χ1n) is 10.8. The first-order chi connectivity index (χ1) is 15.0. The molecule has 0 bridgehead atoms. The zero-order valence-electron chi connectivity index (χ0n) is 18.3. The predicted octanol–water partition coefficient (Wildman–Crippen LogP) is 4.24. The van der Waals surface area contributed by atoms with Gasteiger partial charge in [-0.25, -0.2) is 4.98 Å². The van der Waals surface area contributed by atoms with Gasteiger partial charge in [0.05, 0.1) is 11.3 Å². The number of amides is 1. The Morgan fingerprint density at radius 1 is 1.26 bits per heavy atom. The van der Waals surface area contributed by atoms with E-state index in [1.165, 1.54) is 29.5 Å². The second kappa shape index (κ2) is 9.71. The van der Waals surface area contributed by atoms with Gasteiger partial charge in [0.2, 0.25) is 5.91 Å². The maximum atomic E-state index is 13.3. The second-order valence-corrected chi connectivity index (χ2v) is 10.5. The van der Waals surface area contributed by atoms with Gasteiger partial charge in [-0.15, -0.1) is 11.3 Å². The van der Waals surface area contributed by atoms with Crippen LogP contribution in [-0.4, -0.2) is 52.9 Å². The summed E-state index contributed by atoms with van der Waals surface area (Å²) in [5, 5.41) is 1.61. The summed E-state index contributed by atoms with van der Waals surface area (Å²) in [4.78, 5) is 33.1. The van der Waals surface area contributed by atoms with Crippen molar-refractivity contribution in [1.82, 2.24) is 14.5 Å². The zero-order chi connectivity index (χ0) is 22.0. The third kappa shape index (κ3) is 4.81. The molecule has 1 fully saturated rings. The Morgan fingerprint density at radius 2 is 2.00 bits per heavy atom. The summed E-state index contributed by atoms with van der Waals surface area (Å²) in [6.45, 7) is 7.13. The van der Waals surface area contributed by atoms with E-state index in [9.17, 15) is 9.59 Å². The minimum atomic E-state index is -0.0301. The molecule has 8 heteroatoms. The number of thioether (sulfide) groups is 1. The lowest BCUT2D eigenvalue weighted by Gasteiger charge is -2.35. The summed E-state index contributed by atoms with van der Waals surface area (Å²) >= 11 is 2.86. The fourth-order valence-corrected chi connectivity index (χ4v) is 6.42. The minimum Gasteiger partial charge on any atom is -0.385 e. The Hall–Kier alpha value is -1.90. The van der Waals surface area contributed by atoms with Crippen molar-refractivity contribution in [3.05, 3.63) is 34.6 Å². The number of likely N-dealkylation sites (tertiary alicyclic amines) is 1. The second-order valence-electron chi connectivity index (χ2n) is 8.51. The molecule has 3 aromatic rings. The smallest absolute Gasteiger partial charge is 0.272 e. The minimum absolute atomic E-state index is 0.0301. The molecule has 0 N–H and O–H groups in total. The van der Waals surface area contributed by atoms with Gasteiger partial charge < -0.3 is 9.64 Å². The first kappa shape index (κ1) is 22.3. The lowest BCUT2D eigenvalue weighted by Crippen LogP contribution is -2.43. The third-order valence-corrected chi connectivity index (χ3v) is 7.83. The number of methoxy groups -OCH3 is 1. The Labute approximate surface area is 190 Å². The number of piperidine rings is 1. The molecule has 1 aromatic carbocycles. The number of carbonyl (C=O) groups is 1. The van der Waals surface area contributed by atoms with Gasteiger partial charge in [-0.1, -0.05) is 43.8 Å². The molecular formula is C23H29N3O3S2. The maximum absolute atomic E-state index is 13.3. The number of benzene rings is 1. The molecule has 0 spiro atoms. The molecule has 0 unspecified atom stereocenters. The van der Waals surface area contributed by atoms with E-state index in [0.29, 0.717) is 40.6 Å². The van der Waals surface area contributed by atoms with Crippen molar-refractivity contribution in [3.63, 3.8) is 0 Å². The average molecular weight is 460 g/mol. The van der Waals surface area contributed by atoms with E-state index >= 15 is 0 Å². The molecule has 1 aliphatic heterocycles. The SMILES string of the molecule is COCCCn1c(SCC(=O)N2C[C@H](C)C[C@H](C)C2)nc2c(sc3ccccc32)c1=O. The summed E-state index contributed by atoms with van der Waals surface area (Å²) < 4.78 is 8.62. The number of nitrogens with zero attached hydrogens (tertiary/aromatic N) is 3. The Morgan fingerprint density at radius 3 is 2.74 bits per heavy atom. The van der Waals surface area contributed by atoms with Crippen LogP contribution in [-0.2, 0) is 16.1 Å². The van der Waals surface area contributed by atoms with Crippen molar-refractivity contribution >= 4 is 49.3 Å². The normalized spacial score (nSPS) is 19.4. The van der Waals surface area contributed by atoms with Crippen LogP contribution < -0.4 is 5.56 Å². The van der Waals surface area contributed by atoms with Crippen LogP contribution in [0.1, 0.15) is 26.7 Å². The van der Waals surface area contributed by atoms with Crippen LogP contribution in [0.3, 0.4) is 0 Å². The number of aromatic nitrogens is 2. The highest BCUT2D eigenvalue weighted by molar-refractivity contribution is 7.99. The summed E-state index contributed by atoms with van der Waals surface area (Å²) in [7, 11) is 1.66. The molecule has 2 aromatic heterocycles. The molecule has 31 heavy (non-hydrogen) atoms. The summed E-state index contributed by atoms with van der Waals surface area (Å²) in [5.74, 6) is 1.47. The quantitative estimate of drug-likeness (QED) is 0.300. The molecule has 4 rings (SSSR count). The highest BCUT2D eigenvalue weighted by Crippen LogP contribution is 2.32. The zero-order valence-corrected chi connectivity index (χ0v) is 19.9. The van der Waals surface area contributed by atoms with E-state index < -0.39 is 0 Å². The predicted molar refractivity (Wildman–Crippen MR) is 128 cm³/mol. The van der Waals surface area contributed by atoms with E-state index in [0.717, 1.165) is 35.1 Å². The van der Waals surface area contributed by atoms with Crippen LogP contribution in [0.15, 0.2) is 34.2 Å². The van der Waals surface area contributed by atoms with Crippen LogP contribution in [0, 0.1) is 11.8 Å². The van der Waals surface area contributed by atoms with Crippen molar-refractivity contribution in [3.8, 4) is 0 Å². The standard InChI is InChI=1S/C23H29N3O3S2/c1-15-11-16(2)13-25(12-15)19(27)14-30-23-24-20-17-7-4-5-8-18(17)31-21(20)22(28)26(23)9-6-10-29-3/h4-5,7-8,15-16H,6,9-14H2,1-3H3/t15-,16+. The van der Waals surface area contributed by atoms with Gasteiger partial charge in [0.15, 0.2) is 5.16 Å². The van der Waals surface area contributed by atoms with E-state index in [1.807, 2.05) is 29.2 Å². The molecule has 0 aliphatic carbocycles. The summed E-state index contributed by atoms with van der Waals surface area (Å²) in [6.07, 6.45) is 1.89. The number of ether oxygens (including phenoxy) is 1. The van der Waals surface area contributed by atoms with Crippen LogP contribution in [0.4, 0.5) is 0 Å². The van der Waals surface area contributed by atoms with Crippen molar-refractivity contribution in [2.24, 2.45) is 11.8 Å². The highest BCUT2D eigenvalue weighted by Gasteiger charge is 2.26. The molecule has 6 nitrogen and oxygen atoms in total. The molecule has 0 radical (unpaired) electrons. The van der Waals surface area contributed by atoms with E-state index in [4.69, 9.17) is 9.72 Å². The molecule has 3 heterocycles.